The summed E-state index contributed by atoms with van der Waals surface area (Å²) in [5, 5.41) is 12.6. The normalized spacial score (nSPS) is 16.9. The van der Waals surface area contributed by atoms with Gasteiger partial charge in [-0.2, -0.15) is 0 Å². The summed E-state index contributed by atoms with van der Waals surface area (Å²) in [7, 11) is 0. The van der Waals surface area contributed by atoms with Crippen molar-refractivity contribution >= 4 is 35.2 Å². The number of halogens is 1. The maximum atomic E-state index is 11.9. The molecule has 0 aliphatic heterocycles. The molecule has 108 valence electrons. The van der Waals surface area contributed by atoms with Crippen LogP contribution in [0, 0.1) is 0 Å². The number of nitrogens with one attached hydrogen (secondary N) is 1. The highest BCUT2D eigenvalue weighted by molar-refractivity contribution is 8.00. The molecule has 2 rings (SSSR count). The highest BCUT2D eigenvalue weighted by Gasteiger charge is 2.42. The van der Waals surface area contributed by atoms with Gasteiger partial charge in [0, 0.05) is 9.92 Å². The molecular formula is C14H16ClNO3S. The lowest BCUT2D eigenvalue weighted by Gasteiger charge is -2.25. The molecule has 1 aromatic carbocycles. The fourth-order valence-corrected chi connectivity index (χ4v) is 3.18. The molecule has 1 saturated carbocycles. The molecule has 1 aliphatic rings. The third-order valence-corrected chi connectivity index (χ3v) is 4.69. The highest BCUT2D eigenvalue weighted by atomic mass is 35.5. The van der Waals surface area contributed by atoms with Crippen molar-refractivity contribution < 1.29 is 14.7 Å². The molecular weight excluding hydrogens is 298 g/mol. The second-order valence-electron chi connectivity index (χ2n) is 4.89. The lowest BCUT2D eigenvalue weighted by atomic mass is 9.98. The summed E-state index contributed by atoms with van der Waals surface area (Å²) in [6.45, 7) is 0. The molecule has 6 heteroatoms. The van der Waals surface area contributed by atoms with Gasteiger partial charge in [-0.25, -0.2) is 4.79 Å². The van der Waals surface area contributed by atoms with E-state index in [1.165, 1.54) is 11.8 Å². The predicted octanol–water partition coefficient (Wildman–Crippen LogP) is 2.95. The number of hydrogen-bond donors (Lipinski definition) is 2. The second kappa shape index (κ2) is 6.50. The van der Waals surface area contributed by atoms with E-state index in [0.717, 1.165) is 17.7 Å². The molecule has 0 radical (unpaired) electrons. The van der Waals surface area contributed by atoms with Gasteiger partial charge in [0.15, 0.2) is 0 Å². The molecule has 0 saturated heterocycles. The van der Waals surface area contributed by atoms with Crippen LogP contribution in [0.5, 0.6) is 0 Å². The van der Waals surface area contributed by atoms with Gasteiger partial charge in [0.2, 0.25) is 5.91 Å². The molecule has 1 fully saturated rings. The molecule has 0 heterocycles. The quantitative estimate of drug-likeness (QED) is 0.820. The second-order valence-corrected chi connectivity index (χ2v) is 6.37. The Labute approximate surface area is 126 Å². The zero-order valence-electron chi connectivity index (χ0n) is 10.9. The van der Waals surface area contributed by atoms with Gasteiger partial charge in [-0.3, -0.25) is 4.79 Å². The highest BCUT2D eigenvalue weighted by Crippen LogP contribution is 2.30. The van der Waals surface area contributed by atoms with Gasteiger partial charge in [-0.15, -0.1) is 11.8 Å². The molecule has 2 N–H and O–H groups in total. The smallest absolute Gasteiger partial charge is 0.329 e. The van der Waals surface area contributed by atoms with Crippen molar-refractivity contribution in [2.75, 3.05) is 5.75 Å². The first kappa shape index (κ1) is 15.2. The van der Waals surface area contributed by atoms with Crippen LogP contribution in [0.25, 0.3) is 0 Å². The Kier molecular flexibility index (Phi) is 4.94. The standard InChI is InChI=1S/C14H16ClNO3S/c15-10-3-5-11(6-4-10)20-9-12(17)16-14(13(18)19)7-1-2-8-14/h3-6H,1-2,7-9H2,(H,16,17)(H,18,19). The average molecular weight is 314 g/mol. The SMILES string of the molecule is O=C(CSc1ccc(Cl)cc1)NC1(C(=O)O)CCCC1. The van der Waals surface area contributed by atoms with Crippen LogP contribution in [0.2, 0.25) is 5.02 Å². The Morgan fingerprint density at radius 1 is 1.25 bits per heavy atom. The van der Waals surface area contributed by atoms with Gasteiger partial charge in [0.25, 0.3) is 0 Å². The minimum atomic E-state index is -1.06. The number of carbonyl (C=O) groups is 2. The number of benzene rings is 1. The van der Waals surface area contributed by atoms with Gasteiger partial charge in [0.1, 0.15) is 5.54 Å². The number of carbonyl (C=O) groups excluding carboxylic acids is 1. The molecule has 0 atom stereocenters. The summed E-state index contributed by atoms with van der Waals surface area (Å²) in [4.78, 5) is 24.2. The van der Waals surface area contributed by atoms with Crippen LogP contribution in [0.1, 0.15) is 25.7 Å². The van der Waals surface area contributed by atoms with E-state index < -0.39 is 11.5 Å². The number of aliphatic carboxylic acids is 1. The van der Waals surface area contributed by atoms with Gasteiger partial charge in [0.05, 0.1) is 5.75 Å². The Morgan fingerprint density at radius 2 is 1.85 bits per heavy atom. The molecule has 20 heavy (non-hydrogen) atoms. The summed E-state index contributed by atoms with van der Waals surface area (Å²) in [6.07, 6.45) is 2.72. The van der Waals surface area contributed by atoms with Crippen LogP contribution < -0.4 is 5.32 Å². The van der Waals surface area contributed by atoms with Crippen LogP contribution in [-0.4, -0.2) is 28.3 Å². The number of carboxylic acids is 1. The Morgan fingerprint density at radius 3 is 2.40 bits per heavy atom. The number of thioether (sulfide) groups is 1. The molecule has 0 aromatic heterocycles. The van der Waals surface area contributed by atoms with E-state index >= 15 is 0 Å². The number of amides is 1. The van der Waals surface area contributed by atoms with Gasteiger partial charge in [-0.1, -0.05) is 24.4 Å². The molecule has 1 aliphatic carbocycles. The van der Waals surface area contributed by atoms with Gasteiger partial charge >= 0.3 is 5.97 Å². The molecule has 0 bridgehead atoms. The first-order valence-corrected chi connectivity index (χ1v) is 7.81. The maximum Gasteiger partial charge on any atom is 0.329 e. The fraction of sp³-hybridized carbons (Fsp3) is 0.429. The van der Waals surface area contributed by atoms with Crippen molar-refractivity contribution in [2.24, 2.45) is 0 Å². The van der Waals surface area contributed by atoms with Crippen molar-refractivity contribution in [3.05, 3.63) is 29.3 Å². The van der Waals surface area contributed by atoms with E-state index in [1.807, 2.05) is 12.1 Å². The van der Waals surface area contributed by atoms with Crippen LogP contribution in [-0.2, 0) is 9.59 Å². The molecule has 0 unspecified atom stereocenters. The topological polar surface area (TPSA) is 66.4 Å². The van der Waals surface area contributed by atoms with Gasteiger partial charge in [-0.05, 0) is 37.1 Å². The van der Waals surface area contributed by atoms with Crippen LogP contribution >= 0.6 is 23.4 Å². The monoisotopic (exact) mass is 313 g/mol. The molecule has 1 amide bonds. The molecule has 4 nitrogen and oxygen atoms in total. The van der Waals surface area contributed by atoms with Crippen molar-refractivity contribution in [1.29, 1.82) is 0 Å². The minimum Gasteiger partial charge on any atom is -0.480 e. The Hall–Kier alpha value is -1.20. The van der Waals surface area contributed by atoms with Gasteiger partial charge < -0.3 is 10.4 Å². The Bertz CT molecular complexity index is 498. The van der Waals surface area contributed by atoms with Crippen LogP contribution in [0.4, 0.5) is 0 Å². The van der Waals surface area contributed by atoms with Crippen molar-refractivity contribution in [1.82, 2.24) is 5.32 Å². The van der Waals surface area contributed by atoms with Crippen molar-refractivity contribution in [2.45, 2.75) is 36.1 Å². The summed E-state index contributed by atoms with van der Waals surface area (Å²) < 4.78 is 0. The number of carboxylic acid groups (broad SMARTS) is 1. The molecule has 0 spiro atoms. The third kappa shape index (κ3) is 3.67. The van der Waals surface area contributed by atoms with E-state index in [9.17, 15) is 14.7 Å². The maximum absolute atomic E-state index is 11.9. The first-order valence-electron chi connectivity index (χ1n) is 6.45. The third-order valence-electron chi connectivity index (χ3n) is 3.43. The minimum absolute atomic E-state index is 0.205. The Balaban J connectivity index is 1.89. The van der Waals surface area contributed by atoms with Crippen LogP contribution in [0.3, 0.4) is 0 Å². The average Bonchev–Trinajstić information content (AvgIpc) is 2.88. The van der Waals surface area contributed by atoms with E-state index in [1.54, 1.807) is 12.1 Å². The predicted molar refractivity (Wildman–Crippen MR) is 79.2 cm³/mol. The summed E-state index contributed by atoms with van der Waals surface area (Å²) >= 11 is 7.15. The largest absolute Gasteiger partial charge is 0.480 e. The lowest BCUT2D eigenvalue weighted by molar-refractivity contribution is -0.147. The van der Waals surface area contributed by atoms with Crippen molar-refractivity contribution in [3.63, 3.8) is 0 Å². The fourth-order valence-electron chi connectivity index (χ4n) is 2.35. The number of hydrogen-bond acceptors (Lipinski definition) is 3. The summed E-state index contributed by atoms with van der Waals surface area (Å²) in [6, 6.07) is 7.20. The molecule has 1 aromatic rings. The summed E-state index contributed by atoms with van der Waals surface area (Å²) in [5.74, 6) is -0.967. The van der Waals surface area contributed by atoms with Crippen molar-refractivity contribution in [3.8, 4) is 0 Å². The van der Waals surface area contributed by atoms with E-state index in [4.69, 9.17) is 11.6 Å². The van der Waals surface area contributed by atoms with E-state index in [0.29, 0.717) is 17.9 Å². The first-order chi connectivity index (χ1) is 9.52. The van der Waals surface area contributed by atoms with E-state index in [-0.39, 0.29) is 11.7 Å². The lowest BCUT2D eigenvalue weighted by Crippen LogP contribution is -2.53. The van der Waals surface area contributed by atoms with Crippen LogP contribution in [0.15, 0.2) is 29.2 Å². The zero-order valence-corrected chi connectivity index (χ0v) is 12.5. The van der Waals surface area contributed by atoms with E-state index in [2.05, 4.69) is 5.32 Å². The zero-order chi connectivity index (χ0) is 14.6. The number of rotatable bonds is 5. The summed E-state index contributed by atoms with van der Waals surface area (Å²) in [5.41, 5.74) is -1.06.